The topological polar surface area (TPSA) is 98.3 Å². The molecule has 0 aliphatic heterocycles. The molecule has 16 heavy (non-hydrogen) atoms. The van der Waals surface area contributed by atoms with E-state index in [1.165, 1.54) is 12.1 Å². The number of nitrogens with zero attached hydrogens (tertiary/aromatic N) is 1. The zero-order valence-electron chi connectivity index (χ0n) is 8.27. The van der Waals surface area contributed by atoms with E-state index in [4.69, 9.17) is 5.73 Å². The Bertz CT molecular complexity index is 422. The molecule has 1 amide bonds. The van der Waals surface area contributed by atoms with Crippen LogP contribution in [0.2, 0.25) is 0 Å². The minimum absolute atomic E-state index is 0.0659. The number of hydrogen-bond acceptors (Lipinski definition) is 4. The van der Waals surface area contributed by atoms with Gasteiger partial charge in [-0.05, 0) is 6.07 Å². The van der Waals surface area contributed by atoms with Crippen molar-refractivity contribution in [2.75, 3.05) is 11.9 Å². The lowest BCUT2D eigenvalue weighted by Crippen LogP contribution is -2.16. The number of nitrogens with two attached hydrogens (primary N) is 1. The van der Waals surface area contributed by atoms with Crippen molar-refractivity contribution in [1.29, 1.82) is 0 Å². The van der Waals surface area contributed by atoms with Gasteiger partial charge in [0.25, 0.3) is 5.69 Å². The summed E-state index contributed by atoms with van der Waals surface area (Å²) < 4.78 is 13.3. The molecule has 1 aromatic rings. The summed E-state index contributed by atoms with van der Waals surface area (Å²) in [5, 5.41) is 12.9. The van der Waals surface area contributed by atoms with Gasteiger partial charge in [0.15, 0.2) is 5.82 Å². The first-order valence-corrected chi connectivity index (χ1v) is 4.47. The number of nitro groups is 1. The number of benzene rings is 1. The van der Waals surface area contributed by atoms with Gasteiger partial charge in [-0.25, -0.2) is 4.39 Å². The Morgan fingerprint density at radius 3 is 2.75 bits per heavy atom. The SMILES string of the molecule is NC(=O)CCNc1ccc([N+](=O)[O-])cc1F. The molecule has 6 nitrogen and oxygen atoms in total. The first-order valence-electron chi connectivity index (χ1n) is 4.47. The van der Waals surface area contributed by atoms with E-state index in [1.807, 2.05) is 0 Å². The highest BCUT2D eigenvalue weighted by atomic mass is 19.1. The fourth-order valence-corrected chi connectivity index (χ4v) is 1.08. The van der Waals surface area contributed by atoms with Crippen LogP contribution in [0.3, 0.4) is 0 Å². The third-order valence-corrected chi connectivity index (χ3v) is 1.85. The van der Waals surface area contributed by atoms with E-state index in [0.29, 0.717) is 0 Å². The average Bonchev–Trinajstić information content (AvgIpc) is 2.19. The summed E-state index contributed by atoms with van der Waals surface area (Å²) in [6, 6.07) is 3.23. The first-order chi connectivity index (χ1) is 7.50. The van der Waals surface area contributed by atoms with Gasteiger partial charge in [0.2, 0.25) is 5.91 Å². The molecule has 0 unspecified atom stereocenters. The molecule has 0 atom stereocenters. The van der Waals surface area contributed by atoms with Gasteiger partial charge < -0.3 is 11.1 Å². The molecule has 86 valence electrons. The fourth-order valence-electron chi connectivity index (χ4n) is 1.08. The van der Waals surface area contributed by atoms with Crippen molar-refractivity contribution in [3.05, 3.63) is 34.1 Å². The van der Waals surface area contributed by atoms with Gasteiger partial charge in [-0.1, -0.05) is 0 Å². The third kappa shape index (κ3) is 3.19. The second-order valence-corrected chi connectivity index (χ2v) is 3.06. The predicted octanol–water partition coefficient (Wildman–Crippen LogP) is 1.02. The van der Waals surface area contributed by atoms with Gasteiger partial charge in [-0.3, -0.25) is 14.9 Å². The Kier molecular flexibility index (Phi) is 3.76. The Hall–Kier alpha value is -2.18. The van der Waals surface area contributed by atoms with Crippen LogP contribution in [-0.2, 0) is 4.79 Å². The Balaban J connectivity index is 2.68. The number of primary amides is 1. The fraction of sp³-hybridized carbons (Fsp3) is 0.222. The van der Waals surface area contributed by atoms with Gasteiger partial charge in [-0.15, -0.1) is 0 Å². The van der Waals surface area contributed by atoms with Gasteiger partial charge >= 0.3 is 0 Å². The van der Waals surface area contributed by atoms with Crippen LogP contribution in [-0.4, -0.2) is 17.4 Å². The van der Waals surface area contributed by atoms with Crippen molar-refractivity contribution in [1.82, 2.24) is 0 Å². The highest BCUT2D eigenvalue weighted by molar-refractivity contribution is 5.74. The highest BCUT2D eigenvalue weighted by Crippen LogP contribution is 2.20. The van der Waals surface area contributed by atoms with Crippen molar-refractivity contribution in [2.45, 2.75) is 6.42 Å². The summed E-state index contributed by atoms with van der Waals surface area (Å²) in [6.45, 7) is 0.185. The number of nitro benzene ring substituents is 1. The maximum atomic E-state index is 13.3. The van der Waals surface area contributed by atoms with Gasteiger partial charge in [0.05, 0.1) is 16.7 Å². The smallest absolute Gasteiger partial charge is 0.272 e. The Labute approximate surface area is 90.4 Å². The van der Waals surface area contributed by atoms with Crippen LogP contribution < -0.4 is 11.1 Å². The molecule has 3 N–H and O–H groups in total. The van der Waals surface area contributed by atoms with Crippen molar-refractivity contribution in [3.8, 4) is 0 Å². The molecule has 1 rings (SSSR count). The van der Waals surface area contributed by atoms with Crippen molar-refractivity contribution in [2.24, 2.45) is 5.73 Å². The summed E-state index contributed by atoms with van der Waals surface area (Å²) >= 11 is 0. The monoisotopic (exact) mass is 227 g/mol. The van der Waals surface area contributed by atoms with Crippen molar-refractivity contribution in [3.63, 3.8) is 0 Å². The molecular weight excluding hydrogens is 217 g/mol. The predicted molar refractivity (Wildman–Crippen MR) is 55.4 cm³/mol. The zero-order valence-corrected chi connectivity index (χ0v) is 8.27. The number of halogens is 1. The summed E-state index contributed by atoms with van der Waals surface area (Å²) in [5.74, 6) is -1.24. The molecule has 0 saturated carbocycles. The lowest BCUT2D eigenvalue weighted by atomic mass is 10.2. The van der Waals surface area contributed by atoms with Crippen LogP contribution in [0.25, 0.3) is 0 Å². The van der Waals surface area contributed by atoms with E-state index in [1.54, 1.807) is 0 Å². The summed E-state index contributed by atoms with van der Waals surface area (Å²) in [4.78, 5) is 20.1. The van der Waals surface area contributed by atoms with E-state index in [0.717, 1.165) is 6.07 Å². The number of anilines is 1. The van der Waals surface area contributed by atoms with Crippen LogP contribution in [0.5, 0.6) is 0 Å². The van der Waals surface area contributed by atoms with Crippen LogP contribution >= 0.6 is 0 Å². The first kappa shape index (κ1) is 11.9. The van der Waals surface area contributed by atoms with Crippen LogP contribution in [0.4, 0.5) is 15.8 Å². The largest absolute Gasteiger partial charge is 0.382 e. The number of carbonyl (C=O) groups is 1. The summed E-state index contributed by atoms with van der Waals surface area (Å²) in [6.07, 6.45) is 0.0659. The molecule has 0 fully saturated rings. The molecule has 1 aromatic carbocycles. The molecule has 0 saturated heterocycles. The normalized spacial score (nSPS) is 9.81. The molecule has 0 spiro atoms. The van der Waals surface area contributed by atoms with Crippen molar-refractivity contribution < 1.29 is 14.1 Å². The lowest BCUT2D eigenvalue weighted by Gasteiger charge is -2.05. The van der Waals surface area contributed by atoms with Crippen LogP contribution in [0, 0.1) is 15.9 Å². The molecule has 0 aromatic heterocycles. The molecular formula is C9H10FN3O3. The van der Waals surface area contributed by atoms with Gasteiger partial charge in [0.1, 0.15) is 0 Å². The summed E-state index contributed by atoms with van der Waals surface area (Å²) in [5.41, 5.74) is 4.68. The molecule has 0 heterocycles. The van der Waals surface area contributed by atoms with E-state index in [-0.39, 0.29) is 24.3 Å². The molecule has 0 radical (unpaired) electrons. The number of non-ortho nitro benzene ring substituents is 1. The molecule has 0 aliphatic carbocycles. The van der Waals surface area contributed by atoms with Crippen molar-refractivity contribution >= 4 is 17.3 Å². The van der Waals surface area contributed by atoms with E-state index < -0.39 is 16.6 Å². The maximum Gasteiger partial charge on any atom is 0.272 e. The molecule has 0 bridgehead atoms. The highest BCUT2D eigenvalue weighted by Gasteiger charge is 2.10. The molecule has 0 aliphatic rings. The van der Waals surface area contributed by atoms with Crippen LogP contribution in [0.1, 0.15) is 6.42 Å². The number of nitrogens with one attached hydrogen (secondary N) is 1. The second kappa shape index (κ2) is 5.06. The minimum atomic E-state index is -0.737. The summed E-state index contributed by atoms with van der Waals surface area (Å²) in [7, 11) is 0. The van der Waals surface area contributed by atoms with Gasteiger partial charge in [-0.2, -0.15) is 0 Å². The van der Waals surface area contributed by atoms with E-state index >= 15 is 0 Å². The average molecular weight is 227 g/mol. The number of rotatable bonds is 5. The standard InChI is InChI=1S/C9H10FN3O3/c10-7-5-6(13(15)16)1-2-8(7)12-4-3-9(11)14/h1-2,5,12H,3-4H2,(H2,11,14). The lowest BCUT2D eigenvalue weighted by molar-refractivity contribution is -0.385. The Morgan fingerprint density at radius 2 is 2.25 bits per heavy atom. The Morgan fingerprint density at radius 1 is 1.56 bits per heavy atom. The number of hydrogen-bond donors (Lipinski definition) is 2. The second-order valence-electron chi connectivity index (χ2n) is 3.06. The number of amides is 1. The van der Waals surface area contributed by atoms with Crippen LogP contribution in [0.15, 0.2) is 18.2 Å². The quantitative estimate of drug-likeness (QED) is 0.579. The minimum Gasteiger partial charge on any atom is -0.382 e. The number of carbonyl (C=O) groups excluding carboxylic acids is 1. The maximum absolute atomic E-state index is 13.3. The molecule has 7 heteroatoms. The van der Waals surface area contributed by atoms with Gasteiger partial charge in [0, 0.05) is 19.0 Å². The zero-order chi connectivity index (χ0) is 12.1. The van der Waals surface area contributed by atoms with E-state index in [9.17, 15) is 19.3 Å². The third-order valence-electron chi connectivity index (χ3n) is 1.85. The van der Waals surface area contributed by atoms with E-state index in [2.05, 4.69) is 5.32 Å².